The zero-order valence-electron chi connectivity index (χ0n) is 9.27. The van der Waals surface area contributed by atoms with Crippen molar-refractivity contribution in [1.29, 1.82) is 0 Å². The summed E-state index contributed by atoms with van der Waals surface area (Å²) in [6.07, 6.45) is 2.37. The van der Waals surface area contributed by atoms with E-state index < -0.39 is 0 Å². The Kier molecular flexibility index (Phi) is 2.62. The summed E-state index contributed by atoms with van der Waals surface area (Å²) < 4.78 is 0. The third-order valence-electron chi connectivity index (χ3n) is 2.68. The second-order valence-corrected chi connectivity index (χ2v) is 4.06. The van der Waals surface area contributed by atoms with E-state index in [4.69, 9.17) is 5.73 Å². The van der Waals surface area contributed by atoms with E-state index in [9.17, 15) is 0 Å². The van der Waals surface area contributed by atoms with E-state index in [2.05, 4.69) is 24.0 Å². The number of hydrogen-bond acceptors (Lipinski definition) is 1. The van der Waals surface area contributed by atoms with Gasteiger partial charge in [0, 0.05) is 12.7 Å². The molecule has 0 bridgehead atoms. The van der Waals surface area contributed by atoms with E-state index >= 15 is 0 Å². The topological polar surface area (TPSA) is 41.6 Å². The molecule has 1 aromatic rings. The maximum absolute atomic E-state index is 5.93. The Balaban J connectivity index is 2.19. The van der Waals surface area contributed by atoms with Crippen molar-refractivity contribution >= 4 is 11.6 Å². The molecule has 1 aromatic carbocycles. The fourth-order valence-corrected chi connectivity index (χ4v) is 1.54. The highest BCUT2D eigenvalue weighted by Gasteiger charge is 2.21. The summed E-state index contributed by atoms with van der Waals surface area (Å²) in [5.41, 5.74) is 8.28. The molecule has 0 radical (unpaired) electrons. The molecule has 2 rings (SSSR count). The van der Waals surface area contributed by atoms with Gasteiger partial charge < -0.3 is 10.6 Å². The zero-order valence-corrected chi connectivity index (χ0v) is 9.27. The van der Waals surface area contributed by atoms with Crippen molar-refractivity contribution < 1.29 is 0 Å². The van der Waals surface area contributed by atoms with Gasteiger partial charge in [-0.2, -0.15) is 0 Å². The predicted octanol–water partition coefficient (Wildman–Crippen LogP) is 1.91. The van der Waals surface area contributed by atoms with Crippen LogP contribution in [0.4, 0.5) is 5.69 Å². The first-order valence-electron chi connectivity index (χ1n) is 5.31. The summed E-state index contributed by atoms with van der Waals surface area (Å²) in [7, 11) is 1.96. The van der Waals surface area contributed by atoms with Crippen molar-refractivity contribution in [1.82, 2.24) is 0 Å². The van der Waals surface area contributed by atoms with Gasteiger partial charge in [-0.1, -0.05) is 18.2 Å². The number of aryl methyl sites for hydroxylation is 1. The summed E-state index contributed by atoms with van der Waals surface area (Å²) in [5.74, 6) is 0.617. The molecule has 80 valence electrons. The molecule has 0 atom stereocenters. The van der Waals surface area contributed by atoms with E-state index in [-0.39, 0.29) is 0 Å². The average Bonchev–Trinajstić information content (AvgIpc) is 3.01. The third-order valence-corrected chi connectivity index (χ3v) is 2.68. The summed E-state index contributed by atoms with van der Waals surface area (Å²) in [4.78, 5) is 6.38. The van der Waals surface area contributed by atoms with E-state index in [1.165, 1.54) is 18.4 Å². The minimum absolute atomic E-state index is 0.469. The van der Waals surface area contributed by atoms with Gasteiger partial charge in [-0.25, -0.2) is 4.99 Å². The van der Waals surface area contributed by atoms with Gasteiger partial charge in [-0.05, 0) is 31.4 Å². The minimum atomic E-state index is 0.469. The van der Waals surface area contributed by atoms with Gasteiger partial charge in [0.25, 0.3) is 0 Å². The summed E-state index contributed by atoms with van der Waals surface area (Å²) >= 11 is 0. The van der Waals surface area contributed by atoms with Crippen LogP contribution in [0.5, 0.6) is 0 Å². The van der Waals surface area contributed by atoms with Crippen LogP contribution in [0.2, 0.25) is 0 Å². The molecule has 0 saturated heterocycles. The smallest absolute Gasteiger partial charge is 0.195 e. The SMILES string of the molecule is Cc1ccccc1N(C)C(N)=NC1CC1. The molecule has 0 aromatic heterocycles. The van der Waals surface area contributed by atoms with Crippen molar-refractivity contribution in [3.05, 3.63) is 29.8 Å². The van der Waals surface area contributed by atoms with Crippen LogP contribution in [0.25, 0.3) is 0 Å². The standard InChI is InChI=1S/C12H17N3/c1-9-5-3-4-6-11(9)15(2)12(13)14-10-7-8-10/h3-6,10H,7-8H2,1-2H3,(H2,13,14). The molecule has 0 spiro atoms. The molecule has 1 aliphatic carbocycles. The predicted molar refractivity (Wildman–Crippen MR) is 64.2 cm³/mol. The maximum atomic E-state index is 5.93. The summed E-state index contributed by atoms with van der Waals surface area (Å²) in [6.45, 7) is 2.08. The number of guanidine groups is 1. The Morgan fingerprint density at radius 1 is 1.40 bits per heavy atom. The van der Waals surface area contributed by atoms with Crippen LogP contribution in [0.3, 0.4) is 0 Å². The molecule has 15 heavy (non-hydrogen) atoms. The van der Waals surface area contributed by atoms with Gasteiger partial charge in [-0.15, -0.1) is 0 Å². The van der Waals surface area contributed by atoms with Gasteiger partial charge in [0.1, 0.15) is 0 Å². The number of aliphatic imine (C=N–C) groups is 1. The zero-order chi connectivity index (χ0) is 10.8. The van der Waals surface area contributed by atoms with Crippen molar-refractivity contribution in [2.24, 2.45) is 10.7 Å². The number of para-hydroxylation sites is 1. The highest BCUT2D eigenvalue weighted by Crippen LogP contribution is 2.24. The summed E-state index contributed by atoms with van der Waals surface area (Å²) in [6, 6.07) is 8.65. The van der Waals surface area contributed by atoms with Crippen LogP contribution >= 0.6 is 0 Å². The Hall–Kier alpha value is -1.51. The monoisotopic (exact) mass is 203 g/mol. The Morgan fingerprint density at radius 2 is 2.07 bits per heavy atom. The molecule has 3 nitrogen and oxygen atoms in total. The molecule has 0 amide bonds. The van der Waals surface area contributed by atoms with Crippen molar-refractivity contribution in [2.45, 2.75) is 25.8 Å². The quantitative estimate of drug-likeness (QED) is 0.589. The molecule has 0 aliphatic heterocycles. The lowest BCUT2D eigenvalue weighted by Crippen LogP contribution is -2.34. The lowest BCUT2D eigenvalue weighted by atomic mass is 10.2. The van der Waals surface area contributed by atoms with Crippen molar-refractivity contribution in [3.63, 3.8) is 0 Å². The fourth-order valence-electron chi connectivity index (χ4n) is 1.54. The first-order chi connectivity index (χ1) is 7.18. The van der Waals surface area contributed by atoms with Gasteiger partial charge in [0.2, 0.25) is 0 Å². The molecule has 1 saturated carbocycles. The Labute approximate surface area is 90.6 Å². The van der Waals surface area contributed by atoms with Crippen molar-refractivity contribution in [2.75, 3.05) is 11.9 Å². The average molecular weight is 203 g/mol. The highest BCUT2D eigenvalue weighted by atomic mass is 15.2. The number of anilines is 1. The molecule has 2 N–H and O–H groups in total. The Bertz CT molecular complexity index is 380. The molecular formula is C12H17N3. The normalized spacial score (nSPS) is 16.5. The summed E-state index contributed by atoms with van der Waals surface area (Å²) in [5, 5.41) is 0. The number of hydrogen-bond donors (Lipinski definition) is 1. The van der Waals surface area contributed by atoms with Gasteiger partial charge in [0.05, 0.1) is 6.04 Å². The number of nitrogens with zero attached hydrogens (tertiary/aromatic N) is 2. The van der Waals surface area contributed by atoms with Crippen LogP contribution in [0, 0.1) is 6.92 Å². The number of nitrogens with two attached hydrogens (primary N) is 1. The van der Waals surface area contributed by atoms with E-state index in [0.29, 0.717) is 12.0 Å². The largest absolute Gasteiger partial charge is 0.370 e. The van der Waals surface area contributed by atoms with Crippen LogP contribution in [0.15, 0.2) is 29.3 Å². The minimum Gasteiger partial charge on any atom is -0.370 e. The molecule has 0 unspecified atom stereocenters. The van der Waals surface area contributed by atoms with E-state index in [0.717, 1.165) is 5.69 Å². The van der Waals surface area contributed by atoms with Crippen LogP contribution in [-0.4, -0.2) is 19.0 Å². The van der Waals surface area contributed by atoms with Gasteiger partial charge in [0.15, 0.2) is 5.96 Å². The molecule has 1 fully saturated rings. The number of benzene rings is 1. The van der Waals surface area contributed by atoms with Gasteiger partial charge in [-0.3, -0.25) is 0 Å². The fraction of sp³-hybridized carbons (Fsp3) is 0.417. The molecular weight excluding hydrogens is 186 g/mol. The first-order valence-corrected chi connectivity index (χ1v) is 5.31. The maximum Gasteiger partial charge on any atom is 0.195 e. The van der Waals surface area contributed by atoms with Gasteiger partial charge >= 0.3 is 0 Å². The number of rotatable bonds is 2. The van der Waals surface area contributed by atoms with Crippen LogP contribution in [-0.2, 0) is 0 Å². The molecule has 0 heterocycles. The van der Waals surface area contributed by atoms with Crippen LogP contribution < -0.4 is 10.6 Å². The highest BCUT2D eigenvalue weighted by molar-refractivity contribution is 5.95. The van der Waals surface area contributed by atoms with E-state index in [1.807, 2.05) is 24.1 Å². The molecule has 1 aliphatic rings. The van der Waals surface area contributed by atoms with Crippen molar-refractivity contribution in [3.8, 4) is 0 Å². The second kappa shape index (κ2) is 3.93. The van der Waals surface area contributed by atoms with Crippen LogP contribution in [0.1, 0.15) is 18.4 Å². The Morgan fingerprint density at radius 3 is 2.67 bits per heavy atom. The van der Waals surface area contributed by atoms with E-state index in [1.54, 1.807) is 0 Å². The third kappa shape index (κ3) is 2.29. The second-order valence-electron chi connectivity index (χ2n) is 4.06. The first kappa shape index (κ1) is 10.0. The lowest BCUT2D eigenvalue weighted by Gasteiger charge is -2.20. The molecule has 3 heteroatoms. The lowest BCUT2D eigenvalue weighted by molar-refractivity contribution is 1.03.